The monoisotopic (exact) mass is 335 g/mol. The van der Waals surface area contributed by atoms with Crippen molar-refractivity contribution in [1.82, 2.24) is 4.90 Å². The normalized spacial score (nSPS) is 19.2. The van der Waals surface area contributed by atoms with E-state index in [0.717, 1.165) is 44.1 Å². The fourth-order valence-electron chi connectivity index (χ4n) is 2.34. The Morgan fingerprint density at radius 3 is 2.65 bits per heavy atom. The summed E-state index contributed by atoms with van der Waals surface area (Å²) >= 11 is 1.45. The molecule has 0 atom stereocenters. The first-order valence-corrected chi connectivity index (χ1v) is 8.92. The van der Waals surface area contributed by atoms with Crippen molar-refractivity contribution in [3.05, 3.63) is 36.0 Å². The summed E-state index contributed by atoms with van der Waals surface area (Å²) in [6, 6.07) is 0. The van der Waals surface area contributed by atoms with Crippen molar-refractivity contribution in [2.24, 2.45) is 10.4 Å². The topological polar surface area (TPSA) is 48.7 Å². The van der Waals surface area contributed by atoms with Crippen LogP contribution in [0, 0.1) is 10.8 Å². The van der Waals surface area contributed by atoms with E-state index in [1.807, 2.05) is 26.1 Å². The number of nitrogens with zero attached hydrogens (tertiary/aromatic N) is 2. The van der Waals surface area contributed by atoms with E-state index >= 15 is 0 Å². The van der Waals surface area contributed by atoms with Gasteiger partial charge in [0.1, 0.15) is 5.04 Å². The Bertz CT molecular complexity index is 475. The number of allylic oxidation sites excluding steroid dienone is 2. The highest BCUT2D eigenvalue weighted by molar-refractivity contribution is 8.18. The number of piperidine rings is 1. The lowest BCUT2D eigenvalue weighted by Crippen LogP contribution is -2.38. The highest BCUT2D eigenvalue weighted by Crippen LogP contribution is 2.31. The Kier molecular flexibility index (Phi) is 8.95. The van der Waals surface area contributed by atoms with Crippen LogP contribution in [0.4, 0.5) is 0 Å². The molecule has 0 unspecified atom stereocenters. The van der Waals surface area contributed by atoms with Crippen molar-refractivity contribution in [3.8, 4) is 0 Å². The number of aliphatic imine (C=N–C) groups is 1. The van der Waals surface area contributed by atoms with Crippen molar-refractivity contribution >= 4 is 23.0 Å². The summed E-state index contributed by atoms with van der Waals surface area (Å²) in [6.45, 7) is 13.7. The van der Waals surface area contributed by atoms with Gasteiger partial charge in [-0.15, -0.1) is 0 Å². The van der Waals surface area contributed by atoms with Crippen LogP contribution in [0.15, 0.2) is 41.0 Å². The van der Waals surface area contributed by atoms with Gasteiger partial charge in [-0.1, -0.05) is 37.4 Å². The number of nitrogens with one attached hydrogen (secondary N) is 1. The van der Waals surface area contributed by atoms with E-state index in [-0.39, 0.29) is 0 Å². The molecule has 0 amide bonds. The minimum absolute atomic E-state index is 0.296. The van der Waals surface area contributed by atoms with Crippen LogP contribution in [0.2, 0.25) is 0 Å². The van der Waals surface area contributed by atoms with Crippen LogP contribution < -0.4 is 0 Å². The first-order valence-electron chi connectivity index (χ1n) is 8.10. The molecule has 1 aliphatic heterocycles. The minimum Gasteiger partial charge on any atom is -0.381 e. The molecule has 0 spiro atoms. The van der Waals surface area contributed by atoms with Gasteiger partial charge in [0.15, 0.2) is 0 Å². The fraction of sp³-hybridized carbons (Fsp3) is 0.556. The molecule has 0 aliphatic carbocycles. The number of ether oxygens (including phenoxy) is 1. The molecular formula is C18H29N3OS. The van der Waals surface area contributed by atoms with Crippen LogP contribution in [0.1, 0.15) is 33.6 Å². The van der Waals surface area contributed by atoms with Gasteiger partial charge >= 0.3 is 0 Å². The summed E-state index contributed by atoms with van der Waals surface area (Å²) in [7, 11) is 0. The van der Waals surface area contributed by atoms with Gasteiger partial charge in [-0.3, -0.25) is 0 Å². The maximum Gasteiger partial charge on any atom is 0.118 e. The maximum atomic E-state index is 7.44. The quantitative estimate of drug-likeness (QED) is 0.404. The second-order valence-electron chi connectivity index (χ2n) is 5.89. The Morgan fingerprint density at radius 2 is 2.13 bits per heavy atom. The van der Waals surface area contributed by atoms with Crippen LogP contribution in [0.5, 0.6) is 0 Å². The Balaban J connectivity index is 2.50. The molecule has 1 aliphatic rings. The van der Waals surface area contributed by atoms with Crippen molar-refractivity contribution in [2.45, 2.75) is 33.6 Å². The number of rotatable bonds is 8. The van der Waals surface area contributed by atoms with Crippen LogP contribution in [0.25, 0.3) is 0 Å². The lowest BCUT2D eigenvalue weighted by molar-refractivity contribution is 0.0252. The molecule has 0 aromatic rings. The third-order valence-corrected chi connectivity index (χ3v) is 5.04. The van der Waals surface area contributed by atoms with Crippen molar-refractivity contribution in [1.29, 1.82) is 5.41 Å². The van der Waals surface area contributed by atoms with E-state index in [9.17, 15) is 0 Å². The summed E-state index contributed by atoms with van der Waals surface area (Å²) in [5.74, 6) is 0. The van der Waals surface area contributed by atoms with Gasteiger partial charge in [-0.05, 0) is 32.1 Å². The van der Waals surface area contributed by atoms with Crippen LogP contribution >= 0.6 is 11.8 Å². The van der Waals surface area contributed by atoms with E-state index in [4.69, 9.17) is 10.1 Å². The van der Waals surface area contributed by atoms with Gasteiger partial charge in [0.25, 0.3) is 0 Å². The lowest BCUT2D eigenvalue weighted by Gasteiger charge is -2.38. The zero-order chi connectivity index (χ0) is 17.1. The number of thioether (sulfide) groups is 1. The molecule has 0 aromatic heterocycles. The van der Waals surface area contributed by atoms with E-state index in [1.54, 1.807) is 12.3 Å². The van der Waals surface area contributed by atoms with Crippen LogP contribution in [-0.2, 0) is 4.74 Å². The predicted octanol–water partition coefficient (Wildman–Crippen LogP) is 4.47. The molecule has 1 fully saturated rings. The molecule has 23 heavy (non-hydrogen) atoms. The summed E-state index contributed by atoms with van der Waals surface area (Å²) in [6.07, 6.45) is 11.1. The Morgan fingerprint density at radius 1 is 1.43 bits per heavy atom. The first-order chi connectivity index (χ1) is 11.1. The third kappa shape index (κ3) is 7.18. The molecule has 0 bridgehead atoms. The molecule has 4 nitrogen and oxygen atoms in total. The molecule has 0 aromatic carbocycles. The second kappa shape index (κ2) is 10.4. The molecule has 1 heterocycles. The highest BCUT2D eigenvalue weighted by Gasteiger charge is 2.29. The molecular weight excluding hydrogens is 306 g/mol. The van der Waals surface area contributed by atoms with Gasteiger partial charge in [-0.25, -0.2) is 4.99 Å². The zero-order valence-electron chi connectivity index (χ0n) is 14.5. The number of hydrogen-bond donors (Lipinski definition) is 1. The molecule has 0 saturated carbocycles. The zero-order valence-corrected chi connectivity index (χ0v) is 15.4. The molecule has 1 saturated heterocycles. The summed E-state index contributed by atoms with van der Waals surface area (Å²) in [5.41, 5.74) is 0.296. The largest absolute Gasteiger partial charge is 0.381 e. The number of hydrogen-bond acceptors (Lipinski definition) is 5. The fourth-order valence-corrected chi connectivity index (χ4v) is 2.95. The van der Waals surface area contributed by atoms with Crippen molar-refractivity contribution in [2.75, 3.05) is 26.3 Å². The van der Waals surface area contributed by atoms with Gasteiger partial charge in [0, 0.05) is 37.0 Å². The van der Waals surface area contributed by atoms with Crippen LogP contribution in [-0.4, -0.2) is 42.5 Å². The van der Waals surface area contributed by atoms with Gasteiger partial charge in [-0.2, -0.15) is 0 Å². The summed E-state index contributed by atoms with van der Waals surface area (Å²) in [4.78, 5) is 7.65. The van der Waals surface area contributed by atoms with E-state index in [0.29, 0.717) is 10.5 Å². The summed E-state index contributed by atoms with van der Waals surface area (Å²) < 4.78 is 5.60. The smallest absolute Gasteiger partial charge is 0.118 e. The maximum absolute atomic E-state index is 7.44. The Hall–Kier alpha value is -1.33. The predicted molar refractivity (Wildman–Crippen MR) is 102 cm³/mol. The average Bonchev–Trinajstić information content (AvgIpc) is 2.58. The van der Waals surface area contributed by atoms with Gasteiger partial charge in [0.05, 0.1) is 12.8 Å². The molecule has 5 heteroatoms. The standard InChI is InChI=1S/C18H29N3OS/c1-5-16(6-2)23-17(14-19)20-10-13-21-11-8-18(4,9-12-21)15-22-7-3/h5-6,10,13-14,19H,1,7-9,11-12,15H2,2-4H3/b13-10+,16-6+,19-14?,20-17?. The van der Waals surface area contributed by atoms with Gasteiger partial charge < -0.3 is 15.0 Å². The van der Waals surface area contributed by atoms with E-state index in [1.165, 1.54) is 18.0 Å². The Labute approximate surface area is 144 Å². The highest BCUT2D eigenvalue weighted by atomic mass is 32.2. The molecule has 128 valence electrons. The van der Waals surface area contributed by atoms with Crippen LogP contribution in [0.3, 0.4) is 0 Å². The van der Waals surface area contributed by atoms with Crippen molar-refractivity contribution in [3.63, 3.8) is 0 Å². The average molecular weight is 336 g/mol. The SMILES string of the molecule is C=C/C(=C\C)SC(C=N)=N/C=C/N1CCC(C)(COCC)CC1. The molecule has 1 N–H and O–H groups in total. The third-order valence-electron chi connectivity index (χ3n) is 3.97. The van der Waals surface area contributed by atoms with Gasteiger partial charge in [0.2, 0.25) is 0 Å². The van der Waals surface area contributed by atoms with E-state index < -0.39 is 0 Å². The minimum atomic E-state index is 0.296. The number of likely N-dealkylation sites (tertiary alicyclic amines) is 1. The van der Waals surface area contributed by atoms with E-state index in [2.05, 4.69) is 23.4 Å². The summed E-state index contributed by atoms with van der Waals surface area (Å²) in [5, 5.41) is 8.10. The second-order valence-corrected chi connectivity index (χ2v) is 6.98. The first kappa shape index (κ1) is 19.7. The molecule has 0 radical (unpaired) electrons. The lowest BCUT2D eigenvalue weighted by atomic mass is 9.81. The molecule has 1 rings (SSSR count). The van der Waals surface area contributed by atoms with Crippen molar-refractivity contribution < 1.29 is 4.74 Å².